The number of rotatable bonds is 11. The molecule has 10 nitrogen and oxygen atoms in total. The van der Waals surface area contributed by atoms with Crippen molar-refractivity contribution in [2.45, 2.75) is 25.6 Å². The number of nitrogens with zero attached hydrogens (tertiary/aromatic N) is 2. The number of anilines is 2. The average molecular weight is 548 g/mol. The Kier molecular flexibility index (Phi) is 9.08. The number of hydrogen-bond donors (Lipinski definition) is 3. The summed E-state index contributed by atoms with van der Waals surface area (Å²) in [6.07, 6.45) is 0.170. The number of carbonyl (C=O) groups excluding carboxylic acids is 2. The molecule has 2 aromatic carbocycles. The summed E-state index contributed by atoms with van der Waals surface area (Å²) in [5.74, 6) is -1.14. The number of nitrogens with one attached hydrogen (secondary N) is 2. The van der Waals surface area contributed by atoms with Crippen molar-refractivity contribution < 1.29 is 14.3 Å². The number of amides is 2. The smallest absolute Gasteiger partial charge is 0.330 e. The first-order chi connectivity index (χ1) is 18.9. The highest BCUT2D eigenvalue weighted by atomic mass is 32.1. The van der Waals surface area contributed by atoms with Gasteiger partial charge in [0, 0.05) is 13.5 Å². The van der Waals surface area contributed by atoms with Gasteiger partial charge in [0.15, 0.2) is 5.69 Å². The molecule has 0 aliphatic carbocycles. The van der Waals surface area contributed by atoms with E-state index in [-0.39, 0.29) is 37.6 Å². The van der Waals surface area contributed by atoms with E-state index >= 15 is 0 Å². The van der Waals surface area contributed by atoms with Crippen molar-refractivity contribution in [2.24, 2.45) is 0 Å². The molecule has 39 heavy (non-hydrogen) atoms. The van der Waals surface area contributed by atoms with Gasteiger partial charge in [-0.05, 0) is 22.6 Å². The fourth-order valence-corrected chi connectivity index (χ4v) is 4.78. The number of aromatic nitrogens is 2. The summed E-state index contributed by atoms with van der Waals surface area (Å²) >= 11 is 1.25. The second-order valence-corrected chi connectivity index (χ2v) is 9.69. The van der Waals surface area contributed by atoms with Gasteiger partial charge in [0.25, 0.3) is 11.5 Å². The Bertz CT molecular complexity index is 1520. The average Bonchev–Trinajstić information content (AvgIpc) is 3.48. The lowest BCUT2D eigenvalue weighted by Crippen LogP contribution is -2.51. The summed E-state index contributed by atoms with van der Waals surface area (Å²) in [4.78, 5) is 57.0. The molecule has 4 N–H and O–H groups in total. The summed E-state index contributed by atoms with van der Waals surface area (Å²) in [5.41, 5.74) is 6.20. The molecule has 4 rings (SSSR count). The van der Waals surface area contributed by atoms with Crippen LogP contribution in [0, 0.1) is 0 Å². The van der Waals surface area contributed by atoms with Gasteiger partial charge in [0.2, 0.25) is 5.91 Å². The van der Waals surface area contributed by atoms with Crippen molar-refractivity contribution in [1.82, 2.24) is 14.9 Å². The summed E-state index contributed by atoms with van der Waals surface area (Å²) in [7, 11) is 1.48. The number of nitrogen functional groups attached to an aromatic ring is 1. The van der Waals surface area contributed by atoms with Crippen LogP contribution < -0.4 is 27.2 Å². The summed E-state index contributed by atoms with van der Waals surface area (Å²) in [5, 5.41) is 4.61. The highest BCUT2D eigenvalue weighted by molar-refractivity contribution is 7.12. The largest absolute Gasteiger partial charge is 0.383 e. The minimum atomic E-state index is -1.04. The number of carbonyl (C=O) groups is 2. The second kappa shape index (κ2) is 12.9. The number of H-pyrrole nitrogens is 1. The van der Waals surface area contributed by atoms with Gasteiger partial charge in [0.1, 0.15) is 11.9 Å². The molecule has 11 heteroatoms. The summed E-state index contributed by atoms with van der Waals surface area (Å²) in [6, 6.07) is 20.7. The van der Waals surface area contributed by atoms with Crippen LogP contribution in [0.25, 0.3) is 0 Å². The molecule has 0 aliphatic heterocycles. The lowest BCUT2D eigenvalue weighted by atomic mass is 10.0. The molecule has 4 aromatic rings. The van der Waals surface area contributed by atoms with E-state index in [9.17, 15) is 19.2 Å². The number of hydrogen-bond acceptors (Lipinski definition) is 7. The molecule has 0 unspecified atom stereocenters. The summed E-state index contributed by atoms with van der Waals surface area (Å²) < 4.78 is 6.23. The highest BCUT2D eigenvalue weighted by Crippen LogP contribution is 2.22. The maximum atomic E-state index is 14.3. The first-order valence-electron chi connectivity index (χ1n) is 12.2. The molecule has 1 atom stereocenters. The van der Waals surface area contributed by atoms with E-state index in [4.69, 9.17) is 10.5 Å². The van der Waals surface area contributed by atoms with Gasteiger partial charge in [-0.3, -0.25) is 28.8 Å². The number of methoxy groups -OCH3 is 1. The fraction of sp³-hybridized carbons (Fsp3) is 0.214. The van der Waals surface area contributed by atoms with Crippen LogP contribution in [0.3, 0.4) is 0 Å². The maximum absolute atomic E-state index is 14.3. The van der Waals surface area contributed by atoms with Gasteiger partial charge in [0.05, 0.1) is 24.6 Å². The summed E-state index contributed by atoms with van der Waals surface area (Å²) in [6.45, 7) is 0.214. The van der Waals surface area contributed by atoms with Gasteiger partial charge in [-0.25, -0.2) is 4.79 Å². The third-order valence-electron chi connectivity index (χ3n) is 6.08. The minimum Gasteiger partial charge on any atom is -0.383 e. The Hall–Kier alpha value is -4.48. The lowest BCUT2D eigenvalue weighted by molar-refractivity contribution is -0.120. The molecule has 2 amide bonds. The van der Waals surface area contributed by atoms with Crippen LogP contribution in [0.2, 0.25) is 0 Å². The molecule has 0 fully saturated rings. The Balaban J connectivity index is 1.80. The van der Waals surface area contributed by atoms with E-state index in [0.29, 0.717) is 4.88 Å². The van der Waals surface area contributed by atoms with Crippen molar-refractivity contribution in [3.8, 4) is 0 Å². The molecular weight excluding hydrogens is 518 g/mol. The number of thiophene rings is 1. The standard InChI is InChI=1S/C28H29N5O5S/c1-38-15-14-32-24(29)23(26(35)31-28(32)37)33(18-20-11-6-3-7-12-20)27(36)21(17-19-9-4-2-5-10-19)30-25(34)22-13-8-16-39-22/h2-13,16,21H,14-15,17-18,29H2,1H3,(H,30,34)(H,31,35,37)/t21-/m0/s1. The van der Waals surface area contributed by atoms with Crippen LogP contribution in [-0.2, 0) is 29.0 Å². The van der Waals surface area contributed by atoms with Crippen molar-refractivity contribution in [3.05, 3.63) is 115 Å². The van der Waals surface area contributed by atoms with Crippen molar-refractivity contribution in [2.75, 3.05) is 24.4 Å². The first kappa shape index (κ1) is 27.6. The normalized spacial score (nSPS) is 11.6. The zero-order valence-corrected chi connectivity index (χ0v) is 22.1. The van der Waals surface area contributed by atoms with Gasteiger partial charge in [-0.15, -0.1) is 11.3 Å². The lowest BCUT2D eigenvalue weighted by Gasteiger charge is -2.29. The van der Waals surface area contributed by atoms with E-state index in [2.05, 4.69) is 10.3 Å². The quantitative estimate of drug-likeness (QED) is 0.264. The Morgan fingerprint density at radius 3 is 2.31 bits per heavy atom. The second-order valence-electron chi connectivity index (χ2n) is 8.74. The van der Waals surface area contributed by atoms with E-state index in [1.807, 2.05) is 60.7 Å². The number of benzene rings is 2. The number of nitrogens with two attached hydrogens (primary N) is 1. The molecule has 0 saturated carbocycles. The van der Waals surface area contributed by atoms with E-state index in [1.54, 1.807) is 17.5 Å². The third kappa shape index (κ3) is 6.70. The highest BCUT2D eigenvalue weighted by Gasteiger charge is 2.31. The molecule has 2 heterocycles. The van der Waals surface area contributed by atoms with Crippen molar-refractivity contribution >= 4 is 34.7 Å². The first-order valence-corrected chi connectivity index (χ1v) is 13.1. The zero-order valence-electron chi connectivity index (χ0n) is 21.3. The molecule has 0 radical (unpaired) electrons. The predicted molar refractivity (Wildman–Crippen MR) is 151 cm³/mol. The SMILES string of the molecule is COCCn1c(N)c(N(Cc2ccccc2)C(=O)[C@H](Cc2ccccc2)NC(=O)c2cccs2)c(=O)[nH]c1=O. The van der Waals surface area contributed by atoms with Crippen LogP contribution in [-0.4, -0.2) is 41.1 Å². The van der Waals surface area contributed by atoms with Crippen LogP contribution in [0.15, 0.2) is 87.8 Å². The Morgan fingerprint density at radius 2 is 1.69 bits per heavy atom. The molecule has 2 aromatic heterocycles. The third-order valence-corrected chi connectivity index (χ3v) is 6.95. The van der Waals surface area contributed by atoms with Gasteiger partial charge >= 0.3 is 5.69 Å². The molecule has 0 spiro atoms. The number of aromatic amines is 1. The molecule has 0 aliphatic rings. The topological polar surface area (TPSA) is 140 Å². The van der Waals surface area contributed by atoms with Gasteiger partial charge in [-0.1, -0.05) is 66.7 Å². The van der Waals surface area contributed by atoms with E-state index in [0.717, 1.165) is 15.7 Å². The Morgan fingerprint density at radius 1 is 1.03 bits per heavy atom. The van der Waals surface area contributed by atoms with Crippen LogP contribution in [0.5, 0.6) is 0 Å². The molecule has 0 bridgehead atoms. The van der Waals surface area contributed by atoms with Crippen molar-refractivity contribution in [1.29, 1.82) is 0 Å². The molecule has 0 saturated heterocycles. The fourth-order valence-electron chi connectivity index (χ4n) is 4.15. The van der Waals surface area contributed by atoms with Crippen molar-refractivity contribution in [3.63, 3.8) is 0 Å². The Labute approximate surface area is 228 Å². The molecular formula is C28H29N5O5S. The monoisotopic (exact) mass is 547 g/mol. The van der Waals surface area contributed by atoms with Gasteiger partial charge in [-0.2, -0.15) is 0 Å². The van der Waals surface area contributed by atoms with Crippen LogP contribution >= 0.6 is 11.3 Å². The zero-order chi connectivity index (χ0) is 27.8. The van der Waals surface area contributed by atoms with Gasteiger partial charge < -0.3 is 15.8 Å². The predicted octanol–water partition coefficient (Wildman–Crippen LogP) is 2.40. The maximum Gasteiger partial charge on any atom is 0.330 e. The van der Waals surface area contributed by atoms with E-state index < -0.39 is 29.1 Å². The van der Waals surface area contributed by atoms with Crippen LogP contribution in [0.1, 0.15) is 20.8 Å². The van der Waals surface area contributed by atoms with Crippen LogP contribution in [0.4, 0.5) is 11.5 Å². The number of ether oxygens (including phenoxy) is 1. The van der Waals surface area contributed by atoms with E-state index in [1.165, 1.54) is 23.3 Å². The minimum absolute atomic E-state index is 0.0183. The molecule has 202 valence electrons.